The van der Waals surface area contributed by atoms with Crippen molar-refractivity contribution in [2.24, 2.45) is 5.73 Å². The van der Waals surface area contributed by atoms with Crippen LogP contribution in [0.25, 0.3) is 5.52 Å². The van der Waals surface area contributed by atoms with Crippen molar-refractivity contribution in [1.82, 2.24) is 14.6 Å². The molecule has 5 nitrogen and oxygen atoms in total. The summed E-state index contributed by atoms with van der Waals surface area (Å²) >= 11 is 0. The third kappa shape index (κ3) is 2.41. The van der Waals surface area contributed by atoms with Crippen molar-refractivity contribution in [2.45, 2.75) is 13.1 Å². The number of anilines is 1. The highest BCUT2D eigenvalue weighted by atomic mass is 15.2. The summed E-state index contributed by atoms with van der Waals surface area (Å²) in [7, 11) is 0. The van der Waals surface area contributed by atoms with Crippen LogP contribution in [0.2, 0.25) is 0 Å². The Morgan fingerprint density at radius 3 is 2.63 bits per heavy atom. The molecule has 3 N–H and O–H groups in total. The fourth-order valence-electron chi connectivity index (χ4n) is 1.97. The molecule has 96 valence electrons. The van der Waals surface area contributed by atoms with Crippen molar-refractivity contribution in [3.05, 3.63) is 60.0 Å². The number of nitrogens with zero attached hydrogens (tertiary/aromatic N) is 3. The normalized spacial score (nSPS) is 10.8. The van der Waals surface area contributed by atoms with Crippen molar-refractivity contribution in [3.63, 3.8) is 0 Å². The van der Waals surface area contributed by atoms with E-state index in [0.29, 0.717) is 6.54 Å². The summed E-state index contributed by atoms with van der Waals surface area (Å²) in [5.41, 5.74) is 8.89. The summed E-state index contributed by atoms with van der Waals surface area (Å²) in [4.78, 5) is 4.34. The van der Waals surface area contributed by atoms with Gasteiger partial charge in [-0.15, -0.1) is 0 Å². The highest BCUT2D eigenvalue weighted by Crippen LogP contribution is 2.14. The van der Waals surface area contributed by atoms with Crippen molar-refractivity contribution in [3.8, 4) is 0 Å². The first-order valence-electron chi connectivity index (χ1n) is 6.17. The topological polar surface area (TPSA) is 68.2 Å². The average Bonchev–Trinajstić information content (AvgIpc) is 2.94. The summed E-state index contributed by atoms with van der Waals surface area (Å²) in [6.45, 7) is 1.30. The highest BCUT2D eigenvalue weighted by molar-refractivity contribution is 5.66. The monoisotopic (exact) mass is 253 g/mol. The van der Waals surface area contributed by atoms with E-state index in [1.807, 2.05) is 24.4 Å². The van der Waals surface area contributed by atoms with Gasteiger partial charge >= 0.3 is 0 Å². The lowest BCUT2D eigenvalue weighted by molar-refractivity contribution is 0.942. The van der Waals surface area contributed by atoms with Gasteiger partial charge in [0.05, 0.1) is 6.20 Å². The van der Waals surface area contributed by atoms with Gasteiger partial charge in [-0.3, -0.25) is 0 Å². The molecule has 5 heteroatoms. The number of nitrogens with two attached hydrogens (primary N) is 1. The lowest BCUT2D eigenvalue weighted by Gasteiger charge is -2.07. The zero-order chi connectivity index (χ0) is 13.1. The molecule has 0 saturated carbocycles. The zero-order valence-electron chi connectivity index (χ0n) is 10.5. The van der Waals surface area contributed by atoms with Crippen LogP contribution >= 0.6 is 0 Å². The van der Waals surface area contributed by atoms with Crippen molar-refractivity contribution >= 4 is 11.3 Å². The van der Waals surface area contributed by atoms with Gasteiger partial charge in [0, 0.05) is 25.5 Å². The van der Waals surface area contributed by atoms with Gasteiger partial charge in [-0.1, -0.05) is 24.3 Å². The molecule has 0 atom stereocenters. The van der Waals surface area contributed by atoms with E-state index in [0.717, 1.165) is 23.4 Å². The predicted octanol–water partition coefficient (Wildman–Crippen LogP) is 1.80. The lowest BCUT2D eigenvalue weighted by Crippen LogP contribution is -2.04. The lowest BCUT2D eigenvalue weighted by atomic mass is 10.1. The molecule has 0 unspecified atom stereocenters. The molecule has 2 aromatic heterocycles. The molecule has 0 aliphatic heterocycles. The minimum Gasteiger partial charge on any atom is -0.364 e. The van der Waals surface area contributed by atoms with Crippen LogP contribution in [-0.2, 0) is 13.1 Å². The summed E-state index contributed by atoms with van der Waals surface area (Å²) in [5.74, 6) is 0.836. The van der Waals surface area contributed by atoms with E-state index < -0.39 is 0 Å². The van der Waals surface area contributed by atoms with Crippen molar-refractivity contribution in [2.75, 3.05) is 5.32 Å². The van der Waals surface area contributed by atoms with Gasteiger partial charge in [0.25, 0.3) is 0 Å². The van der Waals surface area contributed by atoms with Crippen LogP contribution < -0.4 is 11.1 Å². The second-order valence-corrected chi connectivity index (χ2v) is 4.31. The van der Waals surface area contributed by atoms with Gasteiger partial charge in [-0.25, -0.2) is 9.50 Å². The standard InChI is InChI=1S/C14H15N5/c15-9-11-1-3-12(4-2-11)10-17-14-13-5-6-18-19(13)8-7-16-14/h1-8H,9-10,15H2,(H,16,17). The molecule has 0 aliphatic rings. The molecule has 0 fully saturated rings. The van der Waals surface area contributed by atoms with E-state index in [9.17, 15) is 0 Å². The maximum atomic E-state index is 5.58. The second kappa shape index (κ2) is 5.07. The first kappa shape index (κ1) is 11.7. The number of nitrogens with one attached hydrogen (secondary N) is 1. The van der Waals surface area contributed by atoms with Gasteiger partial charge in [0.15, 0.2) is 5.82 Å². The fraction of sp³-hybridized carbons (Fsp3) is 0.143. The second-order valence-electron chi connectivity index (χ2n) is 4.31. The van der Waals surface area contributed by atoms with Gasteiger partial charge in [-0.2, -0.15) is 5.10 Å². The third-order valence-electron chi connectivity index (χ3n) is 3.04. The average molecular weight is 253 g/mol. The van der Waals surface area contributed by atoms with E-state index in [1.165, 1.54) is 5.56 Å². The first-order chi connectivity index (χ1) is 9.36. The molecule has 0 radical (unpaired) electrons. The zero-order valence-corrected chi connectivity index (χ0v) is 10.5. The van der Waals surface area contributed by atoms with E-state index in [2.05, 4.69) is 27.5 Å². The van der Waals surface area contributed by atoms with E-state index in [-0.39, 0.29) is 0 Å². The molecule has 0 spiro atoms. The molecule has 0 bridgehead atoms. The van der Waals surface area contributed by atoms with Crippen LogP contribution in [0.4, 0.5) is 5.82 Å². The first-order valence-corrected chi connectivity index (χ1v) is 6.17. The highest BCUT2D eigenvalue weighted by Gasteiger charge is 2.02. The molecule has 3 rings (SSSR count). The number of fused-ring (bicyclic) bond motifs is 1. The Morgan fingerprint density at radius 1 is 1.05 bits per heavy atom. The Balaban J connectivity index is 1.76. The van der Waals surface area contributed by atoms with E-state index >= 15 is 0 Å². The maximum absolute atomic E-state index is 5.58. The molecular weight excluding hydrogens is 238 g/mol. The number of hydrogen-bond acceptors (Lipinski definition) is 4. The Kier molecular flexibility index (Phi) is 3.12. The number of aromatic nitrogens is 3. The molecule has 0 saturated heterocycles. The van der Waals surface area contributed by atoms with Crippen LogP contribution in [0.5, 0.6) is 0 Å². The van der Waals surface area contributed by atoms with Gasteiger partial charge < -0.3 is 11.1 Å². The smallest absolute Gasteiger partial charge is 0.152 e. The van der Waals surface area contributed by atoms with Crippen LogP contribution in [-0.4, -0.2) is 14.6 Å². The quantitative estimate of drug-likeness (QED) is 0.744. The molecule has 0 amide bonds. The summed E-state index contributed by atoms with van der Waals surface area (Å²) < 4.78 is 1.80. The summed E-state index contributed by atoms with van der Waals surface area (Å²) in [6, 6.07) is 10.2. The van der Waals surface area contributed by atoms with E-state index in [4.69, 9.17) is 5.73 Å². The molecule has 2 heterocycles. The Hall–Kier alpha value is -2.40. The summed E-state index contributed by atoms with van der Waals surface area (Å²) in [6.07, 6.45) is 5.33. The minimum absolute atomic E-state index is 0.574. The van der Waals surface area contributed by atoms with Crippen LogP contribution in [0.1, 0.15) is 11.1 Å². The third-order valence-corrected chi connectivity index (χ3v) is 3.04. The molecule has 1 aromatic carbocycles. The predicted molar refractivity (Wildman–Crippen MR) is 74.6 cm³/mol. The largest absolute Gasteiger partial charge is 0.364 e. The van der Waals surface area contributed by atoms with Gasteiger partial charge in [0.2, 0.25) is 0 Å². The van der Waals surface area contributed by atoms with Crippen LogP contribution in [0.3, 0.4) is 0 Å². The summed E-state index contributed by atoms with van der Waals surface area (Å²) in [5, 5.41) is 7.50. The Bertz CT molecular complexity index is 672. The van der Waals surface area contributed by atoms with Crippen LogP contribution in [0.15, 0.2) is 48.9 Å². The molecular formula is C14H15N5. The minimum atomic E-state index is 0.574. The van der Waals surface area contributed by atoms with Crippen molar-refractivity contribution in [1.29, 1.82) is 0 Å². The molecule has 0 aliphatic carbocycles. The molecule has 19 heavy (non-hydrogen) atoms. The van der Waals surface area contributed by atoms with E-state index in [1.54, 1.807) is 16.9 Å². The van der Waals surface area contributed by atoms with Crippen LogP contribution in [0, 0.1) is 0 Å². The number of hydrogen-bond donors (Lipinski definition) is 2. The SMILES string of the molecule is NCc1ccc(CNc2nccn3nccc23)cc1. The van der Waals surface area contributed by atoms with Gasteiger partial charge in [0.1, 0.15) is 5.52 Å². The van der Waals surface area contributed by atoms with Crippen molar-refractivity contribution < 1.29 is 0 Å². The van der Waals surface area contributed by atoms with Gasteiger partial charge in [-0.05, 0) is 17.2 Å². The fourth-order valence-corrected chi connectivity index (χ4v) is 1.97. The maximum Gasteiger partial charge on any atom is 0.152 e. The Morgan fingerprint density at radius 2 is 1.84 bits per heavy atom. The molecule has 3 aromatic rings. The number of benzene rings is 1. The Labute approximate surface area is 111 Å². The number of rotatable bonds is 4.